The number of allylic oxidation sites excluding steroid dienone is 1. The van der Waals surface area contributed by atoms with Crippen molar-refractivity contribution in [2.45, 2.75) is 84.1 Å². The van der Waals surface area contributed by atoms with Crippen molar-refractivity contribution < 1.29 is 24.1 Å². The molecule has 148 valence electrons. The number of hydrogen-bond acceptors (Lipinski definition) is 5. The summed E-state index contributed by atoms with van der Waals surface area (Å²) >= 11 is 0. The maximum absolute atomic E-state index is 12.1. The molecule has 5 heteroatoms. The SMILES string of the molecule is CC(=O)OC1C2OC3OC(O)C4(C)CCCC3(C14)C1CC3CCC21C=C3C. The highest BCUT2D eigenvalue weighted by Crippen LogP contribution is 2.77. The van der Waals surface area contributed by atoms with Gasteiger partial charge in [-0.3, -0.25) is 4.79 Å². The number of aliphatic hydroxyl groups is 1. The zero-order valence-corrected chi connectivity index (χ0v) is 16.4. The number of fused-ring (bicyclic) bond motifs is 1. The summed E-state index contributed by atoms with van der Waals surface area (Å²) in [4.78, 5) is 12.1. The summed E-state index contributed by atoms with van der Waals surface area (Å²) in [5, 5.41) is 10.9. The number of carbonyl (C=O) groups excluding carboxylic acids is 1. The molecule has 2 spiro atoms. The summed E-state index contributed by atoms with van der Waals surface area (Å²) in [6, 6.07) is 0. The number of carbonyl (C=O) groups is 1. The van der Waals surface area contributed by atoms with Gasteiger partial charge in [-0.2, -0.15) is 0 Å². The highest BCUT2D eigenvalue weighted by molar-refractivity contribution is 5.66. The Bertz CT molecular complexity index is 747. The normalized spacial score (nSPS) is 59.9. The van der Waals surface area contributed by atoms with Gasteiger partial charge in [0, 0.05) is 29.1 Å². The molecule has 0 aromatic carbocycles. The molecule has 5 nitrogen and oxygen atoms in total. The van der Waals surface area contributed by atoms with Crippen molar-refractivity contribution >= 4 is 5.97 Å². The van der Waals surface area contributed by atoms with E-state index in [2.05, 4.69) is 19.9 Å². The van der Waals surface area contributed by atoms with Gasteiger partial charge in [0.1, 0.15) is 12.2 Å². The molecule has 7 bridgehead atoms. The van der Waals surface area contributed by atoms with Crippen LogP contribution >= 0.6 is 0 Å². The molecule has 10 atom stereocenters. The second-order valence-electron chi connectivity index (χ2n) is 10.4. The fourth-order valence-electron chi connectivity index (χ4n) is 8.67. The Hall–Kier alpha value is -0.910. The van der Waals surface area contributed by atoms with Crippen LogP contribution in [0.2, 0.25) is 0 Å². The fourth-order valence-corrected chi connectivity index (χ4v) is 8.67. The smallest absolute Gasteiger partial charge is 0.303 e. The first kappa shape index (κ1) is 17.0. The molecule has 3 aliphatic heterocycles. The molecule has 3 saturated carbocycles. The van der Waals surface area contributed by atoms with Crippen LogP contribution in [0.5, 0.6) is 0 Å². The molecule has 3 heterocycles. The van der Waals surface area contributed by atoms with Gasteiger partial charge in [0.05, 0.1) is 0 Å². The van der Waals surface area contributed by atoms with Crippen LogP contribution < -0.4 is 0 Å². The van der Waals surface area contributed by atoms with Crippen molar-refractivity contribution in [3.63, 3.8) is 0 Å². The fraction of sp³-hybridized carbons (Fsp3) is 0.864. The van der Waals surface area contributed by atoms with E-state index in [1.54, 1.807) is 0 Å². The van der Waals surface area contributed by atoms with Crippen LogP contribution in [0.4, 0.5) is 0 Å². The van der Waals surface area contributed by atoms with Crippen molar-refractivity contribution in [1.82, 2.24) is 0 Å². The van der Waals surface area contributed by atoms with Crippen molar-refractivity contribution in [1.29, 1.82) is 0 Å². The topological polar surface area (TPSA) is 65.0 Å². The molecular formula is C22H30O5. The Labute approximate surface area is 160 Å². The minimum absolute atomic E-state index is 0.0458. The molecule has 27 heavy (non-hydrogen) atoms. The number of aliphatic hydroxyl groups excluding tert-OH is 1. The van der Waals surface area contributed by atoms with E-state index in [1.165, 1.54) is 25.3 Å². The van der Waals surface area contributed by atoms with E-state index in [1.807, 2.05) is 0 Å². The van der Waals surface area contributed by atoms with E-state index in [4.69, 9.17) is 14.2 Å². The average molecular weight is 374 g/mol. The third-order valence-electron chi connectivity index (χ3n) is 9.48. The lowest BCUT2D eigenvalue weighted by molar-refractivity contribution is -0.479. The zero-order valence-electron chi connectivity index (χ0n) is 16.4. The van der Waals surface area contributed by atoms with E-state index >= 15 is 0 Å². The molecule has 3 saturated heterocycles. The summed E-state index contributed by atoms with van der Waals surface area (Å²) in [7, 11) is 0. The summed E-state index contributed by atoms with van der Waals surface area (Å²) < 4.78 is 18.8. The average Bonchev–Trinajstić information content (AvgIpc) is 2.61. The van der Waals surface area contributed by atoms with Gasteiger partial charge in [0.2, 0.25) is 0 Å². The molecule has 0 aromatic heterocycles. The van der Waals surface area contributed by atoms with Crippen molar-refractivity contribution in [2.24, 2.45) is 34.0 Å². The van der Waals surface area contributed by atoms with Gasteiger partial charge in [-0.05, 0) is 50.9 Å². The van der Waals surface area contributed by atoms with Gasteiger partial charge in [0.25, 0.3) is 0 Å². The van der Waals surface area contributed by atoms with Crippen molar-refractivity contribution in [2.75, 3.05) is 0 Å². The Kier molecular flexibility index (Phi) is 3.13. The third-order valence-corrected chi connectivity index (χ3v) is 9.48. The third kappa shape index (κ3) is 1.72. The highest BCUT2D eigenvalue weighted by Gasteiger charge is 2.81. The van der Waals surface area contributed by atoms with Gasteiger partial charge in [0.15, 0.2) is 12.6 Å². The molecule has 6 fully saturated rings. The van der Waals surface area contributed by atoms with E-state index < -0.39 is 6.29 Å². The Balaban J connectivity index is 1.59. The predicted octanol–water partition coefficient (Wildman–Crippen LogP) is 3.16. The summed E-state index contributed by atoms with van der Waals surface area (Å²) in [6.45, 7) is 5.90. The first-order valence-corrected chi connectivity index (χ1v) is 10.7. The van der Waals surface area contributed by atoms with Gasteiger partial charge < -0.3 is 19.3 Å². The zero-order chi connectivity index (χ0) is 18.8. The number of ether oxygens (including phenoxy) is 3. The van der Waals surface area contributed by atoms with E-state index in [9.17, 15) is 9.90 Å². The lowest BCUT2D eigenvalue weighted by atomic mass is 9.34. The van der Waals surface area contributed by atoms with Gasteiger partial charge in [-0.25, -0.2) is 0 Å². The largest absolute Gasteiger partial charge is 0.459 e. The van der Waals surface area contributed by atoms with Crippen LogP contribution in [0.3, 0.4) is 0 Å². The van der Waals surface area contributed by atoms with Gasteiger partial charge in [-0.15, -0.1) is 0 Å². The summed E-state index contributed by atoms with van der Waals surface area (Å²) in [5.74, 6) is 1.03. The van der Waals surface area contributed by atoms with Crippen LogP contribution in [0.15, 0.2) is 11.6 Å². The number of rotatable bonds is 1. The van der Waals surface area contributed by atoms with Crippen LogP contribution in [0, 0.1) is 34.0 Å². The van der Waals surface area contributed by atoms with Gasteiger partial charge >= 0.3 is 5.97 Å². The predicted molar refractivity (Wildman–Crippen MR) is 96.2 cm³/mol. The number of hydrogen-bond donors (Lipinski definition) is 1. The number of esters is 1. The molecule has 0 amide bonds. The van der Waals surface area contributed by atoms with Crippen LogP contribution in [-0.2, 0) is 19.0 Å². The van der Waals surface area contributed by atoms with E-state index in [0.717, 1.165) is 25.7 Å². The van der Waals surface area contributed by atoms with Crippen molar-refractivity contribution in [3.05, 3.63) is 11.6 Å². The Morgan fingerprint density at radius 2 is 2.11 bits per heavy atom. The van der Waals surface area contributed by atoms with E-state index in [-0.39, 0.29) is 46.6 Å². The second kappa shape index (κ2) is 4.98. The first-order chi connectivity index (χ1) is 12.8. The maximum atomic E-state index is 12.1. The van der Waals surface area contributed by atoms with Gasteiger partial charge in [-0.1, -0.05) is 25.0 Å². The monoisotopic (exact) mass is 374 g/mol. The minimum atomic E-state index is -0.855. The van der Waals surface area contributed by atoms with Crippen LogP contribution in [0.25, 0.3) is 0 Å². The van der Waals surface area contributed by atoms with E-state index in [0.29, 0.717) is 11.8 Å². The molecule has 8 aliphatic rings. The van der Waals surface area contributed by atoms with Crippen LogP contribution in [-0.4, -0.2) is 35.9 Å². The molecule has 1 N–H and O–H groups in total. The molecule has 5 aliphatic carbocycles. The van der Waals surface area contributed by atoms with Crippen LogP contribution in [0.1, 0.15) is 59.3 Å². The quantitative estimate of drug-likeness (QED) is 0.564. The van der Waals surface area contributed by atoms with Crippen molar-refractivity contribution in [3.8, 4) is 0 Å². The molecule has 0 aromatic rings. The standard InChI is InChI=1S/C22H30O5/c1-11-10-21-8-5-13(11)9-14(21)22-7-4-6-20(3)16(22)15(25-12(2)23)17(21)26-19(22)27-18(20)24/h10,13-19,24H,4-9H2,1-3H3. The molecule has 10 unspecified atom stereocenters. The maximum Gasteiger partial charge on any atom is 0.303 e. The Morgan fingerprint density at radius 3 is 2.85 bits per heavy atom. The summed E-state index contributed by atoms with van der Waals surface area (Å²) in [6.07, 6.45) is 7.34. The highest BCUT2D eigenvalue weighted by atomic mass is 16.7. The second-order valence-corrected chi connectivity index (χ2v) is 10.4. The lowest BCUT2D eigenvalue weighted by Crippen LogP contribution is -2.82. The summed E-state index contributed by atoms with van der Waals surface area (Å²) in [5.41, 5.74) is 0.900. The Morgan fingerprint density at radius 1 is 1.30 bits per heavy atom. The first-order valence-electron chi connectivity index (χ1n) is 10.7. The minimum Gasteiger partial charge on any atom is -0.459 e. The molecule has 8 rings (SSSR count). The molecular weight excluding hydrogens is 344 g/mol. The molecule has 0 radical (unpaired) electrons. The lowest BCUT2D eigenvalue weighted by Gasteiger charge is -2.78.